The van der Waals surface area contributed by atoms with Gasteiger partial charge < -0.3 is 9.80 Å². The van der Waals surface area contributed by atoms with E-state index in [9.17, 15) is 0 Å². The summed E-state index contributed by atoms with van der Waals surface area (Å²) in [5, 5.41) is 0. The van der Waals surface area contributed by atoms with E-state index in [0.717, 1.165) is 18.9 Å². The van der Waals surface area contributed by atoms with Gasteiger partial charge in [-0.1, -0.05) is 30.3 Å². The van der Waals surface area contributed by atoms with Crippen molar-refractivity contribution in [1.29, 1.82) is 0 Å². The molecule has 0 N–H and O–H groups in total. The lowest BCUT2D eigenvalue weighted by Crippen LogP contribution is -2.50. The Morgan fingerprint density at radius 1 is 1.08 bits per heavy atom. The van der Waals surface area contributed by atoms with Gasteiger partial charge in [-0.25, -0.2) is 4.98 Å². The summed E-state index contributed by atoms with van der Waals surface area (Å²) < 4.78 is 0. The van der Waals surface area contributed by atoms with E-state index in [1.807, 2.05) is 6.20 Å². The third-order valence-electron chi connectivity index (χ3n) is 5.79. The maximum atomic E-state index is 4.47. The molecule has 2 aromatic rings. The van der Waals surface area contributed by atoms with Crippen molar-refractivity contribution in [3.63, 3.8) is 0 Å². The third-order valence-corrected chi connectivity index (χ3v) is 5.79. The monoisotopic (exact) mass is 322 g/mol. The lowest BCUT2D eigenvalue weighted by Gasteiger charge is -2.49. The maximum Gasteiger partial charge on any atom is 0.147 e. The number of anilines is 1. The van der Waals surface area contributed by atoms with E-state index in [2.05, 4.69) is 57.1 Å². The molecule has 0 saturated carbocycles. The summed E-state index contributed by atoms with van der Waals surface area (Å²) in [6.07, 6.45) is 9.23. The summed E-state index contributed by atoms with van der Waals surface area (Å²) in [5.41, 5.74) is 1.95. The molecule has 24 heavy (non-hydrogen) atoms. The van der Waals surface area contributed by atoms with Crippen LogP contribution in [0, 0.1) is 5.41 Å². The zero-order valence-electron chi connectivity index (χ0n) is 14.4. The first kappa shape index (κ1) is 15.6. The van der Waals surface area contributed by atoms with Gasteiger partial charge in [-0.05, 0) is 43.2 Å². The van der Waals surface area contributed by atoms with E-state index in [-0.39, 0.29) is 0 Å². The number of hydrogen-bond donors (Lipinski definition) is 0. The summed E-state index contributed by atoms with van der Waals surface area (Å²) >= 11 is 0. The van der Waals surface area contributed by atoms with Gasteiger partial charge in [-0.15, -0.1) is 0 Å². The number of piperidine rings is 2. The van der Waals surface area contributed by atoms with Crippen LogP contribution in [0.5, 0.6) is 0 Å². The molecule has 1 spiro atoms. The molecule has 0 amide bonds. The molecule has 2 saturated heterocycles. The standard InChI is InChI=1S/C20H26N4/c1-23-15-18(17-5-3-2-4-6-17)13-20(16-23)7-11-24(12-8-20)19-14-21-9-10-22-19/h2-6,9-10,14,18H,7-8,11-13,15-16H2,1H3/t18-/m1/s1. The van der Waals surface area contributed by atoms with Crippen LogP contribution in [0.3, 0.4) is 0 Å². The van der Waals surface area contributed by atoms with Crippen LogP contribution in [0.2, 0.25) is 0 Å². The molecule has 4 heteroatoms. The third kappa shape index (κ3) is 3.16. The maximum absolute atomic E-state index is 4.47. The summed E-state index contributed by atoms with van der Waals surface area (Å²) in [6, 6.07) is 11.1. The van der Waals surface area contributed by atoms with Crippen molar-refractivity contribution < 1.29 is 0 Å². The Labute approximate surface area is 144 Å². The van der Waals surface area contributed by atoms with Gasteiger partial charge in [-0.3, -0.25) is 4.98 Å². The molecule has 1 aromatic heterocycles. The first-order valence-corrected chi connectivity index (χ1v) is 8.99. The number of aromatic nitrogens is 2. The zero-order valence-corrected chi connectivity index (χ0v) is 14.4. The molecule has 4 nitrogen and oxygen atoms in total. The number of likely N-dealkylation sites (N-methyl/N-ethyl adjacent to an activating group) is 1. The molecule has 1 atom stereocenters. The number of likely N-dealkylation sites (tertiary alicyclic amines) is 1. The molecule has 126 valence electrons. The quantitative estimate of drug-likeness (QED) is 0.850. The van der Waals surface area contributed by atoms with Crippen LogP contribution in [-0.4, -0.2) is 48.1 Å². The van der Waals surface area contributed by atoms with E-state index in [0.29, 0.717) is 11.3 Å². The Bertz CT molecular complexity index is 650. The van der Waals surface area contributed by atoms with Crippen LogP contribution < -0.4 is 4.90 Å². The first-order valence-electron chi connectivity index (χ1n) is 8.99. The highest BCUT2D eigenvalue weighted by atomic mass is 15.2. The second-order valence-corrected chi connectivity index (χ2v) is 7.56. The fraction of sp³-hybridized carbons (Fsp3) is 0.500. The molecule has 0 bridgehead atoms. The van der Waals surface area contributed by atoms with Crippen molar-refractivity contribution in [2.24, 2.45) is 5.41 Å². The van der Waals surface area contributed by atoms with E-state index in [4.69, 9.17) is 0 Å². The Morgan fingerprint density at radius 2 is 1.88 bits per heavy atom. The zero-order chi connectivity index (χ0) is 16.4. The molecule has 2 aliphatic rings. The summed E-state index contributed by atoms with van der Waals surface area (Å²) in [6.45, 7) is 4.59. The van der Waals surface area contributed by atoms with Gasteiger partial charge in [0.05, 0.1) is 6.20 Å². The Balaban J connectivity index is 1.47. The van der Waals surface area contributed by atoms with E-state index in [1.54, 1.807) is 12.4 Å². The number of hydrogen-bond acceptors (Lipinski definition) is 4. The summed E-state index contributed by atoms with van der Waals surface area (Å²) in [5.74, 6) is 1.68. The van der Waals surface area contributed by atoms with E-state index >= 15 is 0 Å². The molecule has 2 fully saturated rings. The Kier molecular flexibility index (Phi) is 4.23. The van der Waals surface area contributed by atoms with Crippen LogP contribution in [0.4, 0.5) is 5.82 Å². The largest absolute Gasteiger partial charge is 0.355 e. The van der Waals surface area contributed by atoms with Crippen molar-refractivity contribution in [3.8, 4) is 0 Å². The van der Waals surface area contributed by atoms with Gasteiger partial charge in [0.1, 0.15) is 5.82 Å². The fourth-order valence-electron chi connectivity index (χ4n) is 4.64. The Hall–Kier alpha value is -1.94. The minimum atomic E-state index is 0.451. The van der Waals surface area contributed by atoms with Crippen LogP contribution in [0.15, 0.2) is 48.9 Å². The molecule has 0 aliphatic carbocycles. The highest BCUT2D eigenvalue weighted by Gasteiger charge is 2.41. The first-order chi connectivity index (χ1) is 11.7. The van der Waals surface area contributed by atoms with Crippen molar-refractivity contribution >= 4 is 5.82 Å². The van der Waals surface area contributed by atoms with Crippen molar-refractivity contribution in [3.05, 3.63) is 54.5 Å². The number of rotatable bonds is 2. The van der Waals surface area contributed by atoms with Crippen molar-refractivity contribution in [1.82, 2.24) is 14.9 Å². The van der Waals surface area contributed by atoms with Gasteiger partial charge in [0, 0.05) is 38.6 Å². The van der Waals surface area contributed by atoms with Crippen LogP contribution in [-0.2, 0) is 0 Å². The second-order valence-electron chi connectivity index (χ2n) is 7.56. The molecule has 2 aliphatic heterocycles. The Morgan fingerprint density at radius 3 is 2.58 bits per heavy atom. The normalized spacial score (nSPS) is 24.2. The van der Waals surface area contributed by atoms with E-state index < -0.39 is 0 Å². The van der Waals surface area contributed by atoms with Crippen LogP contribution >= 0.6 is 0 Å². The van der Waals surface area contributed by atoms with Gasteiger partial charge >= 0.3 is 0 Å². The fourth-order valence-corrected chi connectivity index (χ4v) is 4.64. The van der Waals surface area contributed by atoms with Crippen molar-refractivity contribution in [2.45, 2.75) is 25.2 Å². The minimum Gasteiger partial charge on any atom is -0.355 e. The molecule has 4 rings (SSSR count). The summed E-state index contributed by atoms with van der Waals surface area (Å²) in [4.78, 5) is 13.6. The average Bonchev–Trinajstić information content (AvgIpc) is 2.63. The van der Waals surface area contributed by atoms with Gasteiger partial charge in [0.25, 0.3) is 0 Å². The topological polar surface area (TPSA) is 32.3 Å². The highest BCUT2D eigenvalue weighted by Crippen LogP contribution is 2.45. The number of nitrogens with zero attached hydrogens (tertiary/aromatic N) is 4. The molecule has 3 heterocycles. The minimum absolute atomic E-state index is 0.451. The predicted molar refractivity (Wildman–Crippen MR) is 97.2 cm³/mol. The predicted octanol–water partition coefficient (Wildman–Crippen LogP) is 3.18. The van der Waals surface area contributed by atoms with E-state index in [1.165, 1.54) is 37.9 Å². The van der Waals surface area contributed by atoms with Gasteiger partial charge in [-0.2, -0.15) is 0 Å². The molecule has 0 radical (unpaired) electrons. The molecular weight excluding hydrogens is 296 g/mol. The van der Waals surface area contributed by atoms with Gasteiger partial charge in [0.2, 0.25) is 0 Å². The van der Waals surface area contributed by atoms with Crippen LogP contribution in [0.25, 0.3) is 0 Å². The van der Waals surface area contributed by atoms with Gasteiger partial charge in [0.15, 0.2) is 0 Å². The number of benzene rings is 1. The molecule has 0 unspecified atom stereocenters. The molecule has 1 aromatic carbocycles. The smallest absolute Gasteiger partial charge is 0.147 e. The van der Waals surface area contributed by atoms with Crippen molar-refractivity contribution in [2.75, 3.05) is 38.1 Å². The van der Waals surface area contributed by atoms with Crippen LogP contribution in [0.1, 0.15) is 30.7 Å². The second kappa shape index (κ2) is 6.52. The highest BCUT2D eigenvalue weighted by molar-refractivity contribution is 5.36. The lowest BCUT2D eigenvalue weighted by atomic mass is 9.68. The lowest BCUT2D eigenvalue weighted by molar-refractivity contribution is 0.0671. The molecular formula is C20H26N4. The average molecular weight is 322 g/mol. The SMILES string of the molecule is CN1C[C@H](c2ccccc2)CC2(CCN(c3cnccn3)CC2)C1. The summed E-state index contributed by atoms with van der Waals surface area (Å²) in [7, 11) is 2.28.